The molecule has 4 nitrogen and oxygen atoms in total. The first kappa shape index (κ1) is 18.0. The number of aromatic nitrogens is 1. The molecule has 1 unspecified atom stereocenters. The first-order valence-corrected chi connectivity index (χ1v) is 9.29. The molecule has 0 saturated heterocycles. The van der Waals surface area contributed by atoms with E-state index in [2.05, 4.69) is 5.32 Å². The molecule has 2 N–H and O–H groups in total. The fourth-order valence-corrected chi connectivity index (χ4v) is 3.48. The molecule has 4 heteroatoms. The number of fused-ring (bicyclic) bond motifs is 1. The number of nitrogens with zero attached hydrogens (tertiary/aromatic N) is 1. The van der Waals surface area contributed by atoms with Crippen molar-refractivity contribution in [1.82, 2.24) is 9.88 Å². The molecule has 0 saturated carbocycles. The van der Waals surface area contributed by atoms with E-state index in [-0.39, 0.29) is 12.5 Å². The van der Waals surface area contributed by atoms with Crippen LogP contribution in [-0.2, 0) is 7.05 Å². The molecule has 0 bridgehead atoms. The van der Waals surface area contributed by atoms with Gasteiger partial charge in [-0.25, -0.2) is 0 Å². The van der Waals surface area contributed by atoms with E-state index >= 15 is 0 Å². The third-order valence-electron chi connectivity index (χ3n) is 5.00. The maximum absolute atomic E-state index is 12.5. The van der Waals surface area contributed by atoms with Crippen molar-refractivity contribution in [3.05, 3.63) is 96.2 Å². The fraction of sp³-hybridized carbons (Fsp3) is 0.125. The minimum atomic E-state index is -0.765. The first-order valence-electron chi connectivity index (χ1n) is 9.29. The highest BCUT2D eigenvalue weighted by atomic mass is 16.3. The number of carbonyl (C=O) groups is 1. The Morgan fingerprint density at radius 3 is 2.32 bits per heavy atom. The smallest absolute Gasteiger partial charge is 0.251 e. The summed E-state index contributed by atoms with van der Waals surface area (Å²) < 4.78 is 1.98. The lowest BCUT2D eigenvalue weighted by molar-refractivity contribution is 0.0917. The Balaban J connectivity index is 1.44. The number of carbonyl (C=O) groups excluding carboxylic acids is 1. The molecular weight excluding hydrogens is 348 g/mol. The Morgan fingerprint density at radius 1 is 0.929 bits per heavy atom. The summed E-state index contributed by atoms with van der Waals surface area (Å²) in [5.74, 6) is -0.195. The van der Waals surface area contributed by atoms with Crippen LogP contribution in [0.1, 0.15) is 22.0 Å². The molecule has 4 aromatic rings. The lowest BCUT2D eigenvalue weighted by Crippen LogP contribution is -2.28. The van der Waals surface area contributed by atoms with Crippen LogP contribution in [0.25, 0.3) is 22.0 Å². The number of hydrogen-bond donors (Lipinski definition) is 2. The van der Waals surface area contributed by atoms with Gasteiger partial charge in [0.05, 0.1) is 6.10 Å². The van der Waals surface area contributed by atoms with Crippen molar-refractivity contribution >= 4 is 16.8 Å². The number of para-hydroxylation sites is 1. The predicted octanol–water partition coefficient (Wildman–Crippen LogP) is 4.31. The van der Waals surface area contributed by atoms with Gasteiger partial charge in [0.15, 0.2) is 0 Å². The molecule has 3 aromatic carbocycles. The van der Waals surface area contributed by atoms with Gasteiger partial charge in [-0.2, -0.15) is 0 Å². The Hall–Kier alpha value is -3.37. The quantitative estimate of drug-likeness (QED) is 0.550. The second-order valence-corrected chi connectivity index (χ2v) is 6.88. The summed E-state index contributed by atoms with van der Waals surface area (Å²) >= 11 is 0. The highest BCUT2D eigenvalue weighted by Crippen LogP contribution is 2.25. The van der Waals surface area contributed by atoms with Gasteiger partial charge in [0, 0.05) is 41.8 Å². The molecule has 1 amide bonds. The monoisotopic (exact) mass is 370 g/mol. The number of aliphatic hydroxyl groups excluding tert-OH is 1. The SMILES string of the molecule is Cn1cc(C(O)CNC(=O)c2ccc(-c3ccccc3)cc2)c2ccccc21. The molecule has 0 aliphatic heterocycles. The molecule has 0 spiro atoms. The lowest BCUT2D eigenvalue weighted by atomic mass is 10.0. The lowest BCUT2D eigenvalue weighted by Gasteiger charge is -2.12. The summed E-state index contributed by atoms with van der Waals surface area (Å²) in [5.41, 5.74) is 4.62. The van der Waals surface area contributed by atoms with E-state index in [1.165, 1.54) is 0 Å². The van der Waals surface area contributed by atoms with E-state index in [4.69, 9.17) is 0 Å². The number of rotatable bonds is 5. The highest BCUT2D eigenvalue weighted by Gasteiger charge is 2.16. The van der Waals surface area contributed by atoms with Crippen LogP contribution < -0.4 is 5.32 Å². The largest absolute Gasteiger partial charge is 0.386 e. The summed E-state index contributed by atoms with van der Waals surface area (Å²) in [6.07, 6.45) is 1.15. The summed E-state index contributed by atoms with van der Waals surface area (Å²) in [5, 5.41) is 14.4. The standard InChI is InChI=1S/C24H22N2O2/c1-26-16-21(20-9-5-6-10-22(20)26)23(27)15-25-24(28)19-13-11-18(12-14-19)17-7-3-2-4-8-17/h2-14,16,23,27H,15H2,1H3,(H,25,28). The zero-order valence-electron chi connectivity index (χ0n) is 15.7. The molecule has 140 valence electrons. The van der Waals surface area contributed by atoms with Crippen LogP contribution in [0.15, 0.2) is 85.1 Å². The van der Waals surface area contributed by atoms with E-state index in [0.717, 1.165) is 27.6 Å². The molecule has 1 atom stereocenters. The van der Waals surface area contributed by atoms with Gasteiger partial charge in [-0.3, -0.25) is 4.79 Å². The molecule has 0 radical (unpaired) electrons. The van der Waals surface area contributed by atoms with Crippen molar-refractivity contribution in [3.8, 4) is 11.1 Å². The van der Waals surface area contributed by atoms with Crippen LogP contribution in [-0.4, -0.2) is 22.1 Å². The maximum Gasteiger partial charge on any atom is 0.251 e. The number of benzene rings is 3. The third kappa shape index (κ3) is 3.55. The van der Waals surface area contributed by atoms with Crippen molar-refractivity contribution in [2.75, 3.05) is 6.54 Å². The van der Waals surface area contributed by atoms with Crippen molar-refractivity contribution in [1.29, 1.82) is 0 Å². The Bertz CT molecular complexity index is 1100. The summed E-state index contributed by atoms with van der Waals surface area (Å²) in [6.45, 7) is 0.160. The van der Waals surface area contributed by atoms with Crippen molar-refractivity contribution in [2.24, 2.45) is 7.05 Å². The fourth-order valence-electron chi connectivity index (χ4n) is 3.48. The van der Waals surface area contributed by atoms with E-state index in [1.54, 1.807) is 0 Å². The van der Waals surface area contributed by atoms with Crippen LogP contribution in [0.2, 0.25) is 0 Å². The molecule has 1 heterocycles. The number of aryl methyl sites for hydroxylation is 1. The van der Waals surface area contributed by atoms with Crippen LogP contribution in [0, 0.1) is 0 Å². The Kier molecular flexibility index (Phi) is 4.96. The summed E-state index contributed by atoms with van der Waals surface area (Å²) in [7, 11) is 1.95. The molecule has 28 heavy (non-hydrogen) atoms. The van der Waals surface area contributed by atoms with E-state index in [1.807, 2.05) is 96.7 Å². The highest BCUT2D eigenvalue weighted by molar-refractivity contribution is 5.94. The summed E-state index contributed by atoms with van der Waals surface area (Å²) in [6, 6.07) is 25.4. The molecular formula is C24H22N2O2. The number of nitrogens with one attached hydrogen (secondary N) is 1. The van der Waals surface area contributed by atoms with Gasteiger partial charge in [-0.1, -0.05) is 60.7 Å². The van der Waals surface area contributed by atoms with Crippen LogP contribution >= 0.6 is 0 Å². The average molecular weight is 370 g/mol. The van der Waals surface area contributed by atoms with Crippen LogP contribution in [0.4, 0.5) is 0 Å². The van der Waals surface area contributed by atoms with Gasteiger partial charge in [0.2, 0.25) is 0 Å². The van der Waals surface area contributed by atoms with Gasteiger partial charge in [0.1, 0.15) is 0 Å². The molecule has 4 rings (SSSR count). The minimum Gasteiger partial charge on any atom is -0.386 e. The van der Waals surface area contributed by atoms with Crippen LogP contribution in [0.5, 0.6) is 0 Å². The Morgan fingerprint density at radius 2 is 1.57 bits per heavy atom. The van der Waals surface area contributed by atoms with Crippen LogP contribution in [0.3, 0.4) is 0 Å². The topological polar surface area (TPSA) is 54.3 Å². The van der Waals surface area contributed by atoms with Gasteiger partial charge in [-0.05, 0) is 29.3 Å². The average Bonchev–Trinajstić information content (AvgIpc) is 3.09. The Labute approximate surface area is 164 Å². The molecule has 0 aliphatic carbocycles. The second-order valence-electron chi connectivity index (χ2n) is 6.88. The van der Waals surface area contributed by atoms with Gasteiger partial charge in [-0.15, -0.1) is 0 Å². The minimum absolute atomic E-state index is 0.160. The predicted molar refractivity (Wildman–Crippen MR) is 112 cm³/mol. The molecule has 0 aliphatic rings. The number of amides is 1. The van der Waals surface area contributed by atoms with E-state index in [0.29, 0.717) is 5.56 Å². The van der Waals surface area contributed by atoms with Crippen molar-refractivity contribution < 1.29 is 9.90 Å². The van der Waals surface area contributed by atoms with E-state index in [9.17, 15) is 9.90 Å². The summed E-state index contributed by atoms with van der Waals surface area (Å²) in [4.78, 5) is 12.5. The first-order chi connectivity index (χ1) is 13.6. The molecule has 1 aromatic heterocycles. The van der Waals surface area contributed by atoms with Crippen molar-refractivity contribution in [3.63, 3.8) is 0 Å². The number of aliphatic hydroxyl groups is 1. The van der Waals surface area contributed by atoms with Gasteiger partial charge >= 0.3 is 0 Å². The second kappa shape index (κ2) is 7.71. The zero-order chi connectivity index (χ0) is 19.5. The van der Waals surface area contributed by atoms with E-state index < -0.39 is 6.10 Å². The maximum atomic E-state index is 12.5. The normalized spacial score (nSPS) is 12.1. The molecule has 0 fully saturated rings. The zero-order valence-corrected chi connectivity index (χ0v) is 15.7. The van der Waals surface area contributed by atoms with Crippen molar-refractivity contribution in [2.45, 2.75) is 6.10 Å². The van der Waals surface area contributed by atoms with Gasteiger partial charge < -0.3 is 15.0 Å². The third-order valence-corrected chi connectivity index (χ3v) is 5.00. The number of hydrogen-bond acceptors (Lipinski definition) is 2. The van der Waals surface area contributed by atoms with Gasteiger partial charge in [0.25, 0.3) is 5.91 Å².